The lowest BCUT2D eigenvalue weighted by Crippen LogP contribution is -2.70. The van der Waals surface area contributed by atoms with E-state index in [0.717, 1.165) is 20.5 Å². The number of carboxylic acid groups (broad SMARTS) is 1. The Morgan fingerprint density at radius 3 is 2.76 bits per heavy atom. The number of carbonyl (C=O) groups is 3. The van der Waals surface area contributed by atoms with Gasteiger partial charge in [-0.15, -0.1) is 22.0 Å². The molecule has 1 aromatic carbocycles. The first-order valence-corrected chi connectivity index (χ1v) is 15.9. The quantitative estimate of drug-likeness (QED) is 0.225. The number of aliphatic carboxylic acids is 1. The number of rotatable bonds is 10. The fourth-order valence-corrected chi connectivity index (χ4v) is 7.94. The molecule has 10 nitrogen and oxygen atoms in total. The van der Waals surface area contributed by atoms with Crippen molar-refractivity contribution in [2.45, 2.75) is 56.0 Å². The Morgan fingerprint density at radius 1 is 1.29 bits per heavy atom. The monoisotopic (exact) mass is 634 g/mol. The second-order valence-electron chi connectivity index (χ2n) is 9.84. The number of fused-ring (bicyclic) bond motifs is 1. The van der Waals surface area contributed by atoms with Gasteiger partial charge in [-0.2, -0.15) is 0 Å². The van der Waals surface area contributed by atoms with Crippen molar-refractivity contribution in [2.24, 2.45) is 0 Å². The van der Waals surface area contributed by atoms with Crippen LogP contribution in [0.15, 0.2) is 44.3 Å². The summed E-state index contributed by atoms with van der Waals surface area (Å²) in [5.41, 5.74) is 2.45. The number of nitrogens with zero attached hydrogens (tertiary/aromatic N) is 3. The van der Waals surface area contributed by atoms with Crippen molar-refractivity contribution >= 4 is 64.2 Å². The summed E-state index contributed by atoms with van der Waals surface area (Å²) < 4.78 is 12.4. The summed E-state index contributed by atoms with van der Waals surface area (Å²) >= 11 is 10.5. The van der Waals surface area contributed by atoms with E-state index < -0.39 is 29.2 Å². The molecule has 0 aliphatic carbocycles. The third-order valence-corrected chi connectivity index (χ3v) is 10.4. The molecule has 2 N–H and O–H groups in total. The van der Waals surface area contributed by atoms with E-state index in [1.807, 2.05) is 39.8 Å². The van der Waals surface area contributed by atoms with Gasteiger partial charge < -0.3 is 19.6 Å². The Kier molecular flexibility index (Phi) is 8.69. The highest BCUT2D eigenvalue weighted by atomic mass is 35.5. The summed E-state index contributed by atoms with van der Waals surface area (Å²) in [6.07, 6.45) is 0. The van der Waals surface area contributed by atoms with Crippen LogP contribution in [-0.2, 0) is 16.2 Å². The Hall–Kier alpha value is -3.00. The Balaban J connectivity index is 1.21. The van der Waals surface area contributed by atoms with Gasteiger partial charge in [0.1, 0.15) is 40.2 Å². The second kappa shape index (κ2) is 12.1. The third-order valence-electron chi connectivity index (χ3n) is 6.58. The van der Waals surface area contributed by atoms with Crippen LogP contribution in [0.3, 0.4) is 0 Å². The van der Waals surface area contributed by atoms with Gasteiger partial charge in [-0.1, -0.05) is 48.5 Å². The van der Waals surface area contributed by atoms with E-state index in [-0.39, 0.29) is 24.0 Å². The molecule has 2 aliphatic rings. The van der Waals surface area contributed by atoms with E-state index in [9.17, 15) is 19.5 Å². The van der Waals surface area contributed by atoms with Crippen molar-refractivity contribution in [3.05, 3.63) is 68.2 Å². The van der Waals surface area contributed by atoms with Gasteiger partial charge in [-0.05, 0) is 60.7 Å². The smallest absolute Gasteiger partial charge is 0.352 e. The molecule has 41 heavy (non-hydrogen) atoms. The molecule has 1 saturated heterocycles. The van der Waals surface area contributed by atoms with Crippen molar-refractivity contribution < 1.29 is 28.6 Å². The average Bonchev–Trinajstić information content (AvgIpc) is 3.58. The lowest BCUT2D eigenvalue weighted by Gasteiger charge is -2.49. The van der Waals surface area contributed by atoms with Gasteiger partial charge in [0.25, 0.3) is 11.8 Å². The summed E-state index contributed by atoms with van der Waals surface area (Å²) in [5.74, 6) is -0.0580. The normalized spacial score (nSPS) is 18.4. The van der Waals surface area contributed by atoms with Crippen LogP contribution in [0, 0.1) is 13.8 Å². The number of benzene rings is 1. The summed E-state index contributed by atoms with van der Waals surface area (Å²) in [6, 6.07) is 6.08. The number of β-lactam (4-membered cyclic amide) rings is 1. The summed E-state index contributed by atoms with van der Waals surface area (Å²) in [6.45, 7) is 7.95. The topological polar surface area (TPSA) is 135 Å². The molecule has 14 heteroatoms. The number of nitrogens with one attached hydrogen (secondary N) is 1. The van der Waals surface area contributed by atoms with Crippen molar-refractivity contribution in [1.29, 1.82) is 0 Å². The van der Waals surface area contributed by atoms with E-state index in [1.165, 1.54) is 45.8 Å². The number of carboxylic acids is 1. The molecule has 2 atom stereocenters. The maximum atomic E-state index is 13.0. The minimum absolute atomic E-state index is 0.0328. The zero-order valence-corrected chi connectivity index (χ0v) is 25.8. The molecular formula is C27H27ClN4O6S3. The molecule has 2 amide bonds. The summed E-state index contributed by atoms with van der Waals surface area (Å²) in [7, 11) is 0. The number of furan rings is 1. The number of thioether (sulfide) groups is 2. The lowest BCUT2D eigenvalue weighted by molar-refractivity contribution is -0.148. The maximum Gasteiger partial charge on any atom is 0.352 e. The van der Waals surface area contributed by atoms with Crippen LogP contribution in [0.5, 0.6) is 5.75 Å². The minimum Gasteiger partial charge on any atom is -0.485 e. The number of ether oxygens (including phenoxy) is 1. The molecule has 0 unspecified atom stereocenters. The summed E-state index contributed by atoms with van der Waals surface area (Å²) in [4.78, 5) is 39.3. The zero-order chi connectivity index (χ0) is 29.4. The molecule has 5 rings (SSSR count). The fraction of sp³-hybridized carbons (Fsp3) is 0.370. The highest BCUT2D eigenvalue weighted by Crippen LogP contribution is 2.42. The zero-order valence-electron chi connectivity index (χ0n) is 22.6. The molecule has 0 spiro atoms. The van der Waals surface area contributed by atoms with E-state index in [2.05, 4.69) is 15.5 Å². The van der Waals surface area contributed by atoms with E-state index >= 15 is 0 Å². The van der Waals surface area contributed by atoms with Gasteiger partial charge in [0.2, 0.25) is 0 Å². The average molecular weight is 635 g/mol. The molecular weight excluding hydrogens is 608 g/mol. The van der Waals surface area contributed by atoms with Gasteiger partial charge in [0.05, 0.1) is 0 Å². The molecule has 0 radical (unpaired) electrons. The molecule has 0 bridgehead atoms. The van der Waals surface area contributed by atoms with Gasteiger partial charge in [-0.3, -0.25) is 14.5 Å². The SMILES string of the molecule is Cc1nnc(SCC2=C(C(=O)O)N3C(=O)[C@@H](NC(=O)c4ccc(COc5cc(C)c(Cl)cc5C(C)C)o4)[C@H]3SC2)s1. The molecule has 3 aromatic rings. The van der Waals surface area contributed by atoms with Gasteiger partial charge in [0.15, 0.2) is 10.1 Å². The number of aromatic nitrogens is 2. The minimum atomic E-state index is -1.18. The number of amides is 2. The van der Waals surface area contributed by atoms with E-state index in [4.69, 9.17) is 20.8 Å². The number of aryl methyl sites for hydroxylation is 2. The van der Waals surface area contributed by atoms with Crippen LogP contribution in [0.4, 0.5) is 0 Å². The van der Waals surface area contributed by atoms with Gasteiger partial charge >= 0.3 is 5.97 Å². The molecule has 216 valence electrons. The predicted molar refractivity (Wildman–Crippen MR) is 158 cm³/mol. The van der Waals surface area contributed by atoms with Gasteiger partial charge in [-0.25, -0.2) is 4.79 Å². The van der Waals surface area contributed by atoms with Crippen LogP contribution in [0.1, 0.15) is 52.2 Å². The highest BCUT2D eigenvalue weighted by Gasteiger charge is 2.54. The van der Waals surface area contributed by atoms with Gasteiger partial charge in [0, 0.05) is 16.5 Å². The van der Waals surface area contributed by atoms with E-state index in [1.54, 1.807) is 6.07 Å². The van der Waals surface area contributed by atoms with Crippen LogP contribution in [-0.4, -0.2) is 60.9 Å². The van der Waals surface area contributed by atoms with Crippen LogP contribution < -0.4 is 10.1 Å². The maximum absolute atomic E-state index is 13.0. The predicted octanol–water partition coefficient (Wildman–Crippen LogP) is 5.25. The molecule has 0 saturated carbocycles. The number of hydrogen-bond donors (Lipinski definition) is 2. The summed E-state index contributed by atoms with van der Waals surface area (Å²) in [5, 5.41) is 21.6. The largest absolute Gasteiger partial charge is 0.485 e. The van der Waals surface area contributed by atoms with Crippen molar-refractivity contribution in [3.8, 4) is 5.75 Å². The molecule has 4 heterocycles. The Labute approximate surface area is 253 Å². The van der Waals surface area contributed by atoms with Crippen LogP contribution in [0.2, 0.25) is 5.02 Å². The molecule has 1 fully saturated rings. The number of hydrogen-bond acceptors (Lipinski definition) is 10. The number of halogens is 1. The van der Waals surface area contributed by atoms with Crippen LogP contribution in [0.25, 0.3) is 0 Å². The fourth-order valence-electron chi connectivity index (χ4n) is 4.47. The Bertz CT molecular complexity index is 1550. The third kappa shape index (κ3) is 6.13. The van der Waals surface area contributed by atoms with Crippen molar-refractivity contribution in [1.82, 2.24) is 20.4 Å². The lowest BCUT2D eigenvalue weighted by atomic mass is 10.0. The number of carbonyl (C=O) groups excluding carboxylic acids is 2. The first kappa shape index (κ1) is 29.5. The first-order valence-electron chi connectivity index (χ1n) is 12.7. The van der Waals surface area contributed by atoms with E-state index in [0.29, 0.717) is 33.6 Å². The highest BCUT2D eigenvalue weighted by molar-refractivity contribution is 8.01. The molecule has 2 aromatic heterocycles. The first-order chi connectivity index (χ1) is 19.5. The standard InChI is InChI=1S/C27H27ClN4O6S3/c1-12(2)17-8-18(28)13(3)7-20(17)37-9-16-5-6-19(38-16)23(33)29-21-24(34)32-22(26(35)36)15(10-39-25(21)32)11-40-27-31-30-14(4)41-27/h5-8,12,21,25H,9-11H2,1-4H3,(H,29,33)(H,35,36)/t21-,25-/m1/s1. The molecule has 2 aliphatic heterocycles. The Morgan fingerprint density at radius 2 is 2.07 bits per heavy atom. The van der Waals surface area contributed by atoms with Crippen molar-refractivity contribution in [3.63, 3.8) is 0 Å². The second-order valence-corrected chi connectivity index (χ2v) is 13.8. The van der Waals surface area contributed by atoms with Crippen molar-refractivity contribution in [2.75, 3.05) is 11.5 Å². The van der Waals surface area contributed by atoms with Crippen LogP contribution >= 0.6 is 46.5 Å².